The van der Waals surface area contributed by atoms with Crippen molar-refractivity contribution in [3.8, 4) is 11.5 Å². The summed E-state index contributed by atoms with van der Waals surface area (Å²) in [5.74, 6) is 2.13. The Balaban J connectivity index is 0.00000676. The van der Waals surface area contributed by atoms with Crippen LogP contribution in [0.15, 0.2) is 29.3 Å². The molecule has 0 fully saturated rings. The molecule has 1 rings (SSSR count). The van der Waals surface area contributed by atoms with Gasteiger partial charge in [0.1, 0.15) is 17.6 Å². The summed E-state index contributed by atoms with van der Waals surface area (Å²) in [6.07, 6.45) is -0.0714. The first-order valence-corrected chi connectivity index (χ1v) is 8.87. The van der Waals surface area contributed by atoms with Crippen molar-refractivity contribution in [3.63, 3.8) is 0 Å². The molecule has 1 unspecified atom stereocenters. The molecule has 0 heterocycles. The highest BCUT2D eigenvalue weighted by atomic mass is 127. The molecule has 1 amide bonds. The fourth-order valence-corrected chi connectivity index (χ4v) is 2.22. The highest BCUT2D eigenvalue weighted by Crippen LogP contribution is 2.19. The number of nitrogens with zero attached hydrogens (tertiary/aromatic N) is 1. The predicted octanol–water partition coefficient (Wildman–Crippen LogP) is 2.41. The number of ether oxygens (including phenoxy) is 2. The maximum Gasteiger partial charge on any atom is 0.227 e. The first kappa shape index (κ1) is 25.3. The van der Waals surface area contributed by atoms with Crippen LogP contribution in [-0.2, 0) is 4.79 Å². The minimum atomic E-state index is -0.570. The normalized spacial score (nSPS) is 12.4. The van der Waals surface area contributed by atoms with Gasteiger partial charge >= 0.3 is 0 Å². The third kappa shape index (κ3) is 9.16. The van der Waals surface area contributed by atoms with Gasteiger partial charge in [-0.2, -0.15) is 0 Å². The van der Waals surface area contributed by atoms with E-state index in [4.69, 9.17) is 9.47 Å². The lowest BCUT2D eigenvalue weighted by Gasteiger charge is -2.22. The third-order valence-electron chi connectivity index (χ3n) is 3.75. The molecule has 0 aliphatic carbocycles. The van der Waals surface area contributed by atoms with Crippen LogP contribution in [-0.4, -0.2) is 51.8 Å². The van der Waals surface area contributed by atoms with E-state index in [0.717, 1.165) is 18.0 Å². The molecule has 0 radical (unpaired) electrons. The van der Waals surface area contributed by atoms with E-state index in [2.05, 4.69) is 20.9 Å². The van der Waals surface area contributed by atoms with Crippen molar-refractivity contribution in [2.24, 2.45) is 10.4 Å². The van der Waals surface area contributed by atoms with E-state index < -0.39 is 5.41 Å². The summed E-state index contributed by atoms with van der Waals surface area (Å²) < 4.78 is 11.1. The van der Waals surface area contributed by atoms with Crippen molar-refractivity contribution in [1.29, 1.82) is 0 Å². The lowest BCUT2D eigenvalue weighted by atomic mass is 9.93. The molecule has 0 aromatic heterocycles. The van der Waals surface area contributed by atoms with Gasteiger partial charge in [-0.05, 0) is 39.8 Å². The number of amides is 1. The summed E-state index contributed by atoms with van der Waals surface area (Å²) in [7, 11) is 3.26. The van der Waals surface area contributed by atoms with Gasteiger partial charge in [0, 0.05) is 19.7 Å². The second-order valence-corrected chi connectivity index (χ2v) is 6.65. The molecule has 7 nitrogen and oxygen atoms in total. The van der Waals surface area contributed by atoms with E-state index in [1.54, 1.807) is 14.2 Å². The second kappa shape index (κ2) is 12.6. The molecule has 27 heavy (non-hydrogen) atoms. The molecule has 0 bridgehead atoms. The van der Waals surface area contributed by atoms with E-state index in [9.17, 15) is 4.79 Å². The van der Waals surface area contributed by atoms with Crippen LogP contribution < -0.4 is 25.4 Å². The van der Waals surface area contributed by atoms with Gasteiger partial charge in [0.2, 0.25) is 5.91 Å². The zero-order chi connectivity index (χ0) is 19.6. The Kier molecular flexibility index (Phi) is 11.8. The van der Waals surface area contributed by atoms with Crippen LogP contribution in [0, 0.1) is 5.41 Å². The molecule has 0 aliphatic heterocycles. The largest absolute Gasteiger partial charge is 0.497 e. The molecule has 8 heteroatoms. The van der Waals surface area contributed by atoms with Crippen LogP contribution in [0.1, 0.15) is 27.7 Å². The summed E-state index contributed by atoms with van der Waals surface area (Å²) in [5, 5.41) is 9.10. The number of rotatable bonds is 9. The minimum absolute atomic E-state index is 0. The van der Waals surface area contributed by atoms with Crippen LogP contribution >= 0.6 is 24.0 Å². The molecule has 0 saturated heterocycles. The molecule has 0 aliphatic rings. The Hall–Kier alpha value is -1.71. The molecule has 0 saturated carbocycles. The lowest BCUT2D eigenvalue weighted by Crippen LogP contribution is -2.43. The summed E-state index contributed by atoms with van der Waals surface area (Å²) >= 11 is 0. The van der Waals surface area contributed by atoms with Gasteiger partial charge in [0.05, 0.1) is 25.6 Å². The number of hydrogen-bond acceptors (Lipinski definition) is 4. The average Bonchev–Trinajstić information content (AvgIpc) is 2.63. The van der Waals surface area contributed by atoms with Gasteiger partial charge in [0.15, 0.2) is 5.96 Å². The van der Waals surface area contributed by atoms with E-state index in [0.29, 0.717) is 19.0 Å². The van der Waals surface area contributed by atoms with E-state index in [1.807, 2.05) is 52.0 Å². The second-order valence-electron chi connectivity index (χ2n) is 6.65. The Morgan fingerprint density at radius 1 is 1.26 bits per heavy atom. The van der Waals surface area contributed by atoms with Crippen molar-refractivity contribution in [1.82, 2.24) is 16.0 Å². The molecular weight excluding hydrogens is 459 g/mol. The van der Waals surface area contributed by atoms with Gasteiger partial charge in [-0.15, -0.1) is 24.0 Å². The number of aliphatic imine (C=N–C) groups is 1. The van der Waals surface area contributed by atoms with Crippen molar-refractivity contribution in [2.75, 3.05) is 33.8 Å². The van der Waals surface area contributed by atoms with Gasteiger partial charge in [-0.1, -0.05) is 6.07 Å². The van der Waals surface area contributed by atoms with Crippen LogP contribution in [0.3, 0.4) is 0 Å². The Morgan fingerprint density at radius 2 is 1.93 bits per heavy atom. The highest BCUT2D eigenvalue weighted by Gasteiger charge is 2.26. The minimum Gasteiger partial charge on any atom is -0.497 e. The molecule has 1 atom stereocenters. The van der Waals surface area contributed by atoms with E-state index >= 15 is 0 Å². The Bertz CT molecular complexity index is 608. The smallest absolute Gasteiger partial charge is 0.227 e. The molecular formula is C19H33IN4O3. The number of methoxy groups -OCH3 is 1. The van der Waals surface area contributed by atoms with Crippen LogP contribution in [0.2, 0.25) is 0 Å². The monoisotopic (exact) mass is 492 g/mol. The van der Waals surface area contributed by atoms with Gasteiger partial charge < -0.3 is 25.4 Å². The van der Waals surface area contributed by atoms with Gasteiger partial charge in [-0.3, -0.25) is 9.79 Å². The predicted molar refractivity (Wildman–Crippen MR) is 120 cm³/mol. The Morgan fingerprint density at radius 3 is 2.52 bits per heavy atom. The van der Waals surface area contributed by atoms with Crippen molar-refractivity contribution >= 4 is 35.8 Å². The van der Waals surface area contributed by atoms with Gasteiger partial charge in [0.25, 0.3) is 0 Å². The number of carbonyl (C=O) groups excluding carboxylic acids is 1. The molecule has 154 valence electrons. The maximum atomic E-state index is 11.9. The molecule has 0 spiro atoms. The standard InChI is InChI=1S/C19H32N4O3.HI/c1-7-21-18(23-13-19(3,4)17(24)20-5)22-12-14(2)26-16-10-8-9-15(11-16)25-6;/h8-11,14H,7,12-13H2,1-6H3,(H,20,24)(H2,21,22,23);1H. The topological polar surface area (TPSA) is 84.0 Å². The number of guanidine groups is 1. The fraction of sp³-hybridized carbons (Fsp3) is 0.579. The number of benzene rings is 1. The maximum absolute atomic E-state index is 11.9. The average molecular weight is 492 g/mol. The SMILES string of the molecule is CCNC(=NCC(C)(C)C(=O)NC)NCC(C)Oc1cccc(OC)c1.I. The summed E-state index contributed by atoms with van der Waals surface area (Å²) in [6.45, 7) is 9.40. The third-order valence-corrected chi connectivity index (χ3v) is 3.75. The number of nitrogens with one attached hydrogen (secondary N) is 3. The molecule has 1 aromatic rings. The van der Waals surface area contributed by atoms with Crippen LogP contribution in [0.25, 0.3) is 0 Å². The first-order valence-electron chi connectivity index (χ1n) is 8.87. The molecule has 1 aromatic carbocycles. The quantitative estimate of drug-likeness (QED) is 0.280. The van der Waals surface area contributed by atoms with E-state index in [1.165, 1.54) is 0 Å². The van der Waals surface area contributed by atoms with Gasteiger partial charge in [-0.25, -0.2) is 0 Å². The number of halogens is 1. The van der Waals surface area contributed by atoms with Crippen LogP contribution in [0.5, 0.6) is 11.5 Å². The van der Waals surface area contributed by atoms with Crippen LogP contribution in [0.4, 0.5) is 0 Å². The first-order chi connectivity index (χ1) is 12.3. The molecule has 3 N–H and O–H groups in total. The lowest BCUT2D eigenvalue weighted by molar-refractivity contribution is -0.128. The van der Waals surface area contributed by atoms with Crippen molar-refractivity contribution in [3.05, 3.63) is 24.3 Å². The Labute approximate surface area is 179 Å². The van der Waals surface area contributed by atoms with Crippen molar-refractivity contribution < 1.29 is 14.3 Å². The zero-order valence-electron chi connectivity index (χ0n) is 17.1. The van der Waals surface area contributed by atoms with Crippen molar-refractivity contribution in [2.45, 2.75) is 33.8 Å². The highest BCUT2D eigenvalue weighted by molar-refractivity contribution is 14.0. The summed E-state index contributed by atoms with van der Waals surface area (Å²) in [6, 6.07) is 7.51. The summed E-state index contributed by atoms with van der Waals surface area (Å²) in [4.78, 5) is 16.4. The zero-order valence-corrected chi connectivity index (χ0v) is 19.4. The number of carbonyl (C=O) groups is 1. The van der Waals surface area contributed by atoms with E-state index in [-0.39, 0.29) is 36.0 Å². The fourth-order valence-electron chi connectivity index (χ4n) is 2.22. The number of hydrogen-bond donors (Lipinski definition) is 3. The summed E-state index contributed by atoms with van der Waals surface area (Å²) in [5.41, 5.74) is -0.570.